The quantitative estimate of drug-likeness (QED) is 0.585. The lowest BCUT2D eigenvalue weighted by molar-refractivity contribution is -0.133. The SMILES string of the molecule is CCOC(=O)c1c(NC(=O)CN2CC(=O)Oc3ccc(Cl)cc32)sc(C)c1C. The van der Waals surface area contributed by atoms with Crippen molar-refractivity contribution < 1.29 is 23.9 Å². The van der Waals surface area contributed by atoms with Gasteiger partial charge in [-0.2, -0.15) is 0 Å². The molecule has 0 aliphatic carbocycles. The van der Waals surface area contributed by atoms with Gasteiger partial charge in [0, 0.05) is 9.90 Å². The summed E-state index contributed by atoms with van der Waals surface area (Å²) in [5, 5.41) is 3.67. The highest BCUT2D eigenvalue weighted by molar-refractivity contribution is 7.16. The van der Waals surface area contributed by atoms with Crippen LogP contribution in [0.1, 0.15) is 27.7 Å². The molecule has 148 valence electrons. The first-order valence-electron chi connectivity index (χ1n) is 8.62. The summed E-state index contributed by atoms with van der Waals surface area (Å²) >= 11 is 7.34. The molecule has 1 amide bonds. The third-order valence-corrected chi connectivity index (χ3v) is 5.62. The van der Waals surface area contributed by atoms with E-state index in [-0.39, 0.29) is 25.6 Å². The molecule has 1 N–H and O–H groups in total. The second-order valence-corrected chi connectivity index (χ2v) is 7.86. The van der Waals surface area contributed by atoms with Crippen molar-refractivity contribution in [2.45, 2.75) is 20.8 Å². The van der Waals surface area contributed by atoms with E-state index >= 15 is 0 Å². The summed E-state index contributed by atoms with van der Waals surface area (Å²) in [7, 11) is 0. The van der Waals surface area contributed by atoms with Gasteiger partial charge in [0.1, 0.15) is 11.5 Å². The predicted molar refractivity (Wildman–Crippen MR) is 108 cm³/mol. The van der Waals surface area contributed by atoms with Crippen LogP contribution < -0.4 is 15.0 Å². The third-order valence-electron chi connectivity index (χ3n) is 4.26. The second kappa shape index (κ2) is 8.20. The van der Waals surface area contributed by atoms with Gasteiger partial charge in [-0.3, -0.25) is 4.79 Å². The van der Waals surface area contributed by atoms with E-state index in [1.807, 2.05) is 13.8 Å². The van der Waals surface area contributed by atoms with Crippen molar-refractivity contribution >= 4 is 51.5 Å². The number of carbonyl (C=O) groups excluding carboxylic acids is 3. The van der Waals surface area contributed by atoms with Gasteiger partial charge in [0.05, 0.1) is 24.4 Å². The van der Waals surface area contributed by atoms with Gasteiger partial charge in [0.2, 0.25) is 5.91 Å². The van der Waals surface area contributed by atoms with E-state index in [1.54, 1.807) is 30.0 Å². The molecule has 1 aromatic carbocycles. The van der Waals surface area contributed by atoms with Gasteiger partial charge >= 0.3 is 11.9 Å². The Labute approximate surface area is 171 Å². The molecule has 7 nitrogen and oxygen atoms in total. The lowest BCUT2D eigenvalue weighted by Gasteiger charge is -2.29. The molecular weight excluding hydrogens is 404 g/mol. The summed E-state index contributed by atoms with van der Waals surface area (Å²) in [5.74, 6) is -0.952. The number of anilines is 2. The highest BCUT2D eigenvalue weighted by atomic mass is 35.5. The van der Waals surface area contributed by atoms with Crippen LogP contribution in [-0.4, -0.2) is 37.5 Å². The Bertz CT molecular complexity index is 956. The first-order chi connectivity index (χ1) is 13.3. The van der Waals surface area contributed by atoms with E-state index in [1.165, 1.54) is 11.3 Å². The number of hydrogen-bond acceptors (Lipinski definition) is 7. The molecule has 0 spiro atoms. The molecule has 3 rings (SSSR count). The third kappa shape index (κ3) is 4.13. The normalized spacial score (nSPS) is 13.0. The number of nitrogens with one attached hydrogen (secondary N) is 1. The summed E-state index contributed by atoms with van der Waals surface area (Å²) in [6.45, 7) is 5.48. The summed E-state index contributed by atoms with van der Waals surface area (Å²) in [5.41, 5.74) is 1.70. The lowest BCUT2D eigenvalue weighted by atomic mass is 10.1. The number of carbonyl (C=O) groups is 3. The summed E-state index contributed by atoms with van der Waals surface area (Å²) in [6, 6.07) is 4.84. The van der Waals surface area contributed by atoms with E-state index in [4.69, 9.17) is 21.1 Å². The minimum atomic E-state index is -0.474. The first kappa shape index (κ1) is 20.2. The molecule has 0 saturated heterocycles. The lowest BCUT2D eigenvalue weighted by Crippen LogP contribution is -2.41. The fourth-order valence-electron chi connectivity index (χ4n) is 2.86. The minimum Gasteiger partial charge on any atom is -0.462 e. The average molecular weight is 423 g/mol. The van der Waals surface area contributed by atoms with Crippen molar-refractivity contribution in [1.29, 1.82) is 0 Å². The van der Waals surface area contributed by atoms with Gasteiger partial charge < -0.3 is 19.7 Å². The summed E-state index contributed by atoms with van der Waals surface area (Å²) < 4.78 is 10.3. The zero-order valence-electron chi connectivity index (χ0n) is 15.6. The average Bonchev–Trinajstić information content (AvgIpc) is 2.89. The number of halogens is 1. The Hall–Kier alpha value is -2.58. The number of benzene rings is 1. The monoisotopic (exact) mass is 422 g/mol. The Morgan fingerprint density at radius 1 is 1.36 bits per heavy atom. The first-order valence-corrected chi connectivity index (χ1v) is 9.81. The Morgan fingerprint density at radius 2 is 2.11 bits per heavy atom. The van der Waals surface area contributed by atoms with E-state index in [0.717, 1.165) is 10.4 Å². The number of thiophene rings is 1. The maximum Gasteiger partial charge on any atom is 0.341 e. The van der Waals surface area contributed by atoms with Crippen molar-refractivity contribution in [3.05, 3.63) is 39.2 Å². The molecule has 0 bridgehead atoms. The Morgan fingerprint density at radius 3 is 2.82 bits per heavy atom. The van der Waals surface area contributed by atoms with Crippen molar-refractivity contribution in [3.63, 3.8) is 0 Å². The number of esters is 2. The fourth-order valence-corrected chi connectivity index (χ4v) is 4.10. The topological polar surface area (TPSA) is 84.9 Å². The number of ether oxygens (including phenoxy) is 2. The Kier molecular flexibility index (Phi) is 5.90. The largest absolute Gasteiger partial charge is 0.462 e. The molecule has 0 saturated carbocycles. The highest BCUT2D eigenvalue weighted by Crippen LogP contribution is 2.35. The van der Waals surface area contributed by atoms with Gasteiger partial charge in [-0.15, -0.1) is 11.3 Å². The van der Waals surface area contributed by atoms with Crippen LogP contribution in [-0.2, 0) is 14.3 Å². The maximum atomic E-state index is 12.7. The molecule has 1 aliphatic heterocycles. The van der Waals surface area contributed by atoms with Crippen LogP contribution in [0, 0.1) is 13.8 Å². The van der Waals surface area contributed by atoms with Crippen LogP contribution in [0.2, 0.25) is 5.02 Å². The molecular formula is C19H19ClN2O5S. The molecule has 1 aromatic heterocycles. The molecule has 0 fully saturated rings. The summed E-state index contributed by atoms with van der Waals surface area (Å²) in [4.78, 5) is 39.2. The second-order valence-electron chi connectivity index (χ2n) is 6.20. The number of aryl methyl sites for hydroxylation is 1. The maximum absolute atomic E-state index is 12.7. The minimum absolute atomic E-state index is 0.0754. The molecule has 0 radical (unpaired) electrons. The molecule has 1 aliphatic rings. The molecule has 2 aromatic rings. The van der Waals surface area contributed by atoms with Gasteiger partial charge in [-0.05, 0) is 44.5 Å². The van der Waals surface area contributed by atoms with Crippen molar-refractivity contribution in [3.8, 4) is 5.75 Å². The van der Waals surface area contributed by atoms with E-state index in [2.05, 4.69) is 5.32 Å². The van der Waals surface area contributed by atoms with Gasteiger partial charge in [-0.25, -0.2) is 9.59 Å². The van der Waals surface area contributed by atoms with Crippen molar-refractivity contribution in [2.75, 3.05) is 29.9 Å². The number of nitrogens with zero attached hydrogens (tertiary/aromatic N) is 1. The van der Waals surface area contributed by atoms with E-state index < -0.39 is 11.9 Å². The van der Waals surface area contributed by atoms with Crippen LogP contribution in [0.15, 0.2) is 18.2 Å². The Balaban J connectivity index is 1.81. The number of amides is 1. The van der Waals surface area contributed by atoms with E-state index in [0.29, 0.717) is 27.0 Å². The van der Waals surface area contributed by atoms with Gasteiger partial charge in [0.15, 0.2) is 5.75 Å². The highest BCUT2D eigenvalue weighted by Gasteiger charge is 2.27. The van der Waals surface area contributed by atoms with Gasteiger partial charge in [0.25, 0.3) is 0 Å². The molecule has 9 heteroatoms. The zero-order valence-corrected chi connectivity index (χ0v) is 17.2. The van der Waals surface area contributed by atoms with Crippen LogP contribution in [0.25, 0.3) is 0 Å². The molecule has 0 unspecified atom stereocenters. The standard InChI is InChI=1S/C19H19ClN2O5S/c1-4-26-19(25)17-10(2)11(3)28-18(17)21-15(23)8-22-9-16(24)27-14-6-5-12(20)7-13(14)22/h5-7H,4,8-9H2,1-3H3,(H,21,23). The van der Waals surface area contributed by atoms with Crippen molar-refractivity contribution in [1.82, 2.24) is 0 Å². The number of hydrogen-bond donors (Lipinski definition) is 1. The zero-order chi connectivity index (χ0) is 20.4. The van der Waals surface area contributed by atoms with Crippen LogP contribution in [0.4, 0.5) is 10.7 Å². The molecule has 28 heavy (non-hydrogen) atoms. The number of fused-ring (bicyclic) bond motifs is 1. The van der Waals surface area contributed by atoms with E-state index in [9.17, 15) is 14.4 Å². The smallest absolute Gasteiger partial charge is 0.341 e. The van der Waals surface area contributed by atoms with Crippen LogP contribution >= 0.6 is 22.9 Å². The number of rotatable bonds is 5. The molecule has 0 atom stereocenters. The van der Waals surface area contributed by atoms with Gasteiger partial charge in [-0.1, -0.05) is 11.6 Å². The van der Waals surface area contributed by atoms with Crippen LogP contribution in [0.5, 0.6) is 5.75 Å². The summed E-state index contributed by atoms with van der Waals surface area (Å²) in [6.07, 6.45) is 0. The molecule has 2 heterocycles. The van der Waals surface area contributed by atoms with Crippen molar-refractivity contribution in [2.24, 2.45) is 0 Å². The predicted octanol–water partition coefficient (Wildman–Crippen LogP) is 3.56. The van der Waals surface area contributed by atoms with Crippen LogP contribution in [0.3, 0.4) is 0 Å². The fraction of sp³-hybridized carbons (Fsp3) is 0.316.